The zero-order valence-corrected chi connectivity index (χ0v) is 25.3. The second-order valence-electron chi connectivity index (χ2n) is 12.1. The van der Waals surface area contributed by atoms with Gasteiger partial charge in [0.1, 0.15) is 11.8 Å². The highest BCUT2D eigenvalue weighted by Crippen LogP contribution is 2.38. The van der Waals surface area contributed by atoms with Crippen LogP contribution in [0.4, 0.5) is 0 Å². The molecule has 2 heterocycles. The van der Waals surface area contributed by atoms with Gasteiger partial charge in [-0.15, -0.1) is 0 Å². The Balaban J connectivity index is 1.40. The van der Waals surface area contributed by atoms with E-state index in [2.05, 4.69) is 20.9 Å². The maximum Gasteiger partial charge on any atom is 0.287 e. The summed E-state index contributed by atoms with van der Waals surface area (Å²) in [4.78, 5) is 53.4. The van der Waals surface area contributed by atoms with E-state index >= 15 is 0 Å². The number of nitrogens with two attached hydrogens (primary N) is 1. The van der Waals surface area contributed by atoms with Gasteiger partial charge in [-0.3, -0.25) is 24.1 Å². The van der Waals surface area contributed by atoms with E-state index in [1.165, 1.54) is 18.9 Å². The molecule has 0 aromatic rings. The van der Waals surface area contributed by atoms with Gasteiger partial charge in [-0.1, -0.05) is 51.3 Å². The van der Waals surface area contributed by atoms with Crippen LogP contribution in [0.3, 0.4) is 0 Å². The van der Waals surface area contributed by atoms with E-state index in [4.69, 9.17) is 10.5 Å². The first-order valence-electron chi connectivity index (χ1n) is 15.7. The van der Waals surface area contributed by atoms with Gasteiger partial charge >= 0.3 is 0 Å². The summed E-state index contributed by atoms with van der Waals surface area (Å²) in [6.07, 6.45) is 14.8. The lowest BCUT2D eigenvalue weighted by molar-refractivity contribution is -0.133. The van der Waals surface area contributed by atoms with Crippen molar-refractivity contribution in [3.8, 4) is 0 Å². The lowest BCUT2D eigenvalue weighted by atomic mass is 9.72. The topological polar surface area (TPSA) is 163 Å². The van der Waals surface area contributed by atoms with E-state index in [1.807, 2.05) is 26.0 Å². The van der Waals surface area contributed by atoms with Crippen LogP contribution in [0.1, 0.15) is 71.6 Å². The number of nitrogens with zero attached hydrogens (tertiary/aromatic N) is 1. The van der Waals surface area contributed by atoms with Crippen molar-refractivity contribution in [3.63, 3.8) is 0 Å². The van der Waals surface area contributed by atoms with E-state index in [1.54, 1.807) is 12.2 Å². The molecule has 4 amide bonds. The average Bonchev–Trinajstić information content (AvgIpc) is 3.01. The van der Waals surface area contributed by atoms with E-state index in [0.717, 1.165) is 37.8 Å². The van der Waals surface area contributed by atoms with Crippen molar-refractivity contribution in [2.45, 2.75) is 95.9 Å². The van der Waals surface area contributed by atoms with Crippen LogP contribution in [0.5, 0.6) is 0 Å². The highest BCUT2D eigenvalue weighted by atomic mass is 16.5. The van der Waals surface area contributed by atoms with Gasteiger partial charge in [-0.25, -0.2) is 0 Å². The van der Waals surface area contributed by atoms with Gasteiger partial charge in [0, 0.05) is 19.6 Å². The molecule has 0 radical (unpaired) electrons. The van der Waals surface area contributed by atoms with Crippen LogP contribution in [0.15, 0.2) is 47.5 Å². The fourth-order valence-electron chi connectivity index (χ4n) is 6.56. The number of aliphatic hydroxyl groups is 1. The number of aliphatic hydroxyl groups excluding tert-OH is 1. The molecule has 0 bridgehead atoms. The normalized spacial score (nSPS) is 25.3. The number of piperidine rings is 1. The summed E-state index contributed by atoms with van der Waals surface area (Å²) in [5.74, 6) is -0.505. The molecule has 2 aliphatic heterocycles. The summed E-state index contributed by atoms with van der Waals surface area (Å²) in [5, 5.41) is 19.7. The number of allylic oxidation sites excluding steroid dienone is 6. The number of ether oxygens (including phenoxy) is 1. The number of amides is 4. The maximum absolute atomic E-state index is 13.4. The Morgan fingerprint density at radius 1 is 1.09 bits per heavy atom. The van der Waals surface area contributed by atoms with Crippen molar-refractivity contribution in [1.29, 1.82) is 0 Å². The zero-order valence-electron chi connectivity index (χ0n) is 25.3. The van der Waals surface area contributed by atoms with E-state index in [-0.39, 0.29) is 24.3 Å². The molecule has 43 heavy (non-hydrogen) atoms. The number of hydrogen-bond donors (Lipinski definition) is 5. The van der Waals surface area contributed by atoms with Crippen LogP contribution < -0.4 is 21.7 Å². The molecule has 2 aliphatic carbocycles. The SMILES string of the molecule is CCCNC(=O)[C@@H]1C[C@@H]2CCCC[C@@H]2CN1C[C@@H](O)[C@H](CC)NC(=O)[C@H](CC(N)=O)NC(=O)C1=CC=C2CC=CC=C2O1. The van der Waals surface area contributed by atoms with Crippen LogP contribution >= 0.6 is 0 Å². The Labute approximate surface area is 254 Å². The molecule has 11 nitrogen and oxygen atoms in total. The van der Waals surface area contributed by atoms with Gasteiger partial charge in [0.25, 0.3) is 5.91 Å². The van der Waals surface area contributed by atoms with Crippen LogP contribution in [0.25, 0.3) is 0 Å². The third-order valence-electron chi connectivity index (χ3n) is 8.95. The lowest BCUT2D eigenvalue weighted by Crippen LogP contribution is -2.59. The standard InChI is InChI=1S/C32H47N5O6/c1-3-15-34-31(41)25-16-21-10-5-6-11-22(21)18-37(25)19-26(38)23(4-2)35-30(40)24(17-29(33)39)36-32(42)28-14-13-20-9-7-8-12-27(20)43-28/h7-8,12-14,21-26,38H,3-6,9-11,15-19H2,1-2H3,(H2,33,39)(H,34,41)(H,35,40)(H,36,42)/t21-,22+,23-,24-,25-,26+/m0/s1. The molecule has 6 atom stereocenters. The Hall–Kier alpha value is -3.44. The van der Waals surface area contributed by atoms with Crippen molar-refractivity contribution in [2.75, 3.05) is 19.6 Å². The van der Waals surface area contributed by atoms with E-state index < -0.39 is 42.3 Å². The van der Waals surface area contributed by atoms with E-state index in [9.17, 15) is 24.3 Å². The third-order valence-corrected chi connectivity index (χ3v) is 8.95. The second kappa shape index (κ2) is 15.3. The summed E-state index contributed by atoms with van der Waals surface area (Å²) in [5.41, 5.74) is 6.35. The summed E-state index contributed by atoms with van der Waals surface area (Å²) in [7, 11) is 0. The largest absolute Gasteiger partial charge is 0.451 e. The summed E-state index contributed by atoms with van der Waals surface area (Å²) >= 11 is 0. The minimum absolute atomic E-state index is 0.00171. The Bertz CT molecular complexity index is 1180. The molecule has 0 aromatic heterocycles. The summed E-state index contributed by atoms with van der Waals surface area (Å²) < 4.78 is 5.72. The lowest BCUT2D eigenvalue weighted by Gasteiger charge is -2.46. The second-order valence-corrected chi connectivity index (χ2v) is 12.1. The van der Waals surface area contributed by atoms with Crippen molar-refractivity contribution in [1.82, 2.24) is 20.9 Å². The molecule has 2 fully saturated rings. The smallest absolute Gasteiger partial charge is 0.287 e. The maximum atomic E-state index is 13.4. The molecule has 236 valence electrons. The fraction of sp³-hybridized carbons (Fsp3) is 0.625. The molecule has 0 spiro atoms. The van der Waals surface area contributed by atoms with Crippen LogP contribution in [-0.4, -0.2) is 77.5 Å². The minimum atomic E-state index is -1.26. The molecule has 4 aliphatic rings. The number of fused-ring (bicyclic) bond motifs is 2. The Morgan fingerprint density at radius 2 is 1.86 bits per heavy atom. The quantitative estimate of drug-likeness (QED) is 0.216. The van der Waals surface area contributed by atoms with Gasteiger partial charge in [0.15, 0.2) is 5.76 Å². The molecule has 0 aromatic carbocycles. The number of primary amides is 1. The first-order valence-corrected chi connectivity index (χ1v) is 15.7. The molecule has 6 N–H and O–H groups in total. The molecular weight excluding hydrogens is 550 g/mol. The molecule has 0 unspecified atom stereocenters. The molecule has 4 rings (SSSR count). The van der Waals surface area contributed by atoms with Gasteiger partial charge in [-0.05, 0) is 61.7 Å². The Kier molecular flexibility index (Phi) is 11.6. The van der Waals surface area contributed by atoms with Crippen LogP contribution in [0, 0.1) is 11.8 Å². The number of carbonyl (C=O) groups is 4. The van der Waals surface area contributed by atoms with Crippen molar-refractivity contribution in [2.24, 2.45) is 17.6 Å². The third kappa shape index (κ3) is 8.57. The number of likely N-dealkylation sites (tertiary alicyclic amines) is 1. The summed E-state index contributed by atoms with van der Waals surface area (Å²) in [6.45, 7) is 5.41. The monoisotopic (exact) mass is 597 g/mol. The first kappa shape index (κ1) is 32.5. The molecule has 11 heteroatoms. The molecule has 1 saturated carbocycles. The molecule has 1 saturated heterocycles. The van der Waals surface area contributed by atoms with Gasteiger partial charge in [-0.2, -0.15) is 0 Å². The van der Waals surface area contributed by atoms with Gasteiger partial charge < -0.3 is 31.5 Å². The summed E-state index contributed by atoms with van der Waals surface area (Å²) in [6, 6.07) is -2.26. The first-order chi connectivity index (χ1) is 20.7. The predicted octanol–water partition coefficient (Wildman–Crippen LogP) is 1.69. The van der Waals surface area contributed by atoms with E-state index in [0.29, 0.717) is 37.0 Å². The fourth-order valence-corrected chi connectivity index (χ4v) is 6.56. The zero-order chi connectivity index (χ0) is 30.9. The minimum Gasteiger partial charge on any atom is -0.451 e. The molecular formula is C32H47N5O6. The average molecular weight is 598 g/mol. The van der Waals surface area contributed by atoms with Crippen LogP contribution in [0.2, 0.25) is 0 Å². The van der Waals surface area contributed by atoms with Crippen molar-refractivity contribution >= 4 is 23.6 Å². The van der Waals surface area contributed by atoms with Crippen LogP contribution in [-0.2, 0) is 23.9 Å². The predicted molar refractivity (Wildman–Crippen MR) is 162 cm³/mol. The number of hydrogen-bond acceptors (Lipinski definition) is 7. The van der Waals surface area contributed by atoms with Gasteiger partial charge in [0.2, 0.25) is 17.7 Å². The highest BCUT2D eigenvalue weighted by Gasteiger charge is 2.41. The van der Waals surface area contributed by atoms with Gasteiger partial charge in [0.05, 0.1) is 24.6 Å². The van der Waals surface area contributed by atoms with Crippen molar-refractivity contribution < 1.29 is 29.0 Å². The number of rotatable bonds is 13. The highest BCUT2D eigenvalue weighted by molar-refractivity contribution is 5.97. The number of carbonyl (C=O) groups excluding carboxylic acids is 4. The number of nitrogens with one attached hydrogen (secondary N) is 3. The van der Waals surface area contributed by atoms with Crippen molar-refractivity contribution in [3.05, 3.63) is 47.5 Å². The number of β-amino-alcohol motifs (C(OH)–C–C–N with tert-alkyl or cyclic N) is 1. The Morgan fingerprint density at radius 3 is 2.58 bits per heavy atom.